The number of fused-ring (bicyclic) bond motifs is 6. The molecule has 0 bridgehead atoms. The Bertz CT molecular complexity index is 2140. The minimum Gasteiger partial charge on any atom is -0.416 e. The minimum atomic E-state index is -2.77. The fourth-order valence-corrected chi connectivity index (χ4v) is 67.3. The summed E-state index contributed by atoms with van der Waals surface area (Å²) in [5, 5.41) is 0. The maximum absolute atomic E-state index is 7.80. The third-order valence-electron chi connectivity index (χ3n) is 25.4. The minimum absolute atomic E-state index is 0.482. The van der Waals surface area contributed by atoms with Gasteiger partial charge >= 0.3 is 68.5 Å². The van der Waals surface area contributed by atoms with Crippen LogP contribution in [-0.4, -0.2) is 156 Å². The van der Waals surface area contributed by atoms with Gasteiger partial charge in [-0.3, -0.25) is 0 Å². The van der Waals surface area contributed by atoms with Crippen LogP contribution >= 0.6 is 0 Å². The highest BCUT2D eigenvalue weighted by Gasteiger charge is 2.60. The summed E-state index contributed by atoms with van der Waals surface area (Å²) in [5.41, 5.74) is 0. The van der Waals surface area contributed by atoms with Crippen LogP contribution in [0, 0.1) is 47.3 Å². The summed E-state index contributed by atoms with van der Waals surface area (Å²) in [4.78, 5) is 0. The molecule has 14 fully saturated rings. The zero-order chi connectivity index (χ0) is 62.0. The molecule has 7 saturated carbocycles. The highest BCUT2D eigenvalue weighted by Crippen LogP contribution is 2.54. The maximum atomic E-state index is 7.80. The SMILES string of the molecule is C[Si]1(CCCOCCCCOCCC[Si]2(C)O[Si](C)(CCC3CCC4OC4C3)O[Si](C)(CCC3CCC4OC4C3)O[Si](C)(CCC3CCC4OC4C3)O2)O[Si](C)(CCC2CCC3OC3C2)O[Si](C)(CCC2CCC3CC3C2)O[Si](C)(CCC2CCC3OC3C2)O1. The van der Waals surface area contributed by atoms with Gasteiger partial charge < -0.3 is 66.1 Å². The first-order valence-corrected chi connectivity index (χ1v) is 58.4. The molecule has 0 aromatic heterocycles. The Morgan fingerprint density at radius 3 is 0.722 bits per heavy atom. The first-order chi connectivity index (χ1) is 43.1. The monoisotopic (exact) mass is 1390 g/mol. The van der Waals surface area contributed by atoms with Gasteiger partial charge in [-0.2, -0.15) is 0 Å². The van der Waals surface area contributed by atoms with Gasteiger partial charge in [0, 0.05) is 26.4 Å². The zero-order valence-corrected chi connectivity index (χ0v) is 65.5. The van der Waals surface area contributed by atoms with E-state index in [1.54, 1.807) is 0 Å². The molecule has 14 rings (SSSR count). The Morgan fingerprint density at radius 2 is 0.467 bits per heavy atom. The van der Waals surface area contributed by atoms with Crippen molar-refractivity contribution in [2.45, 2.75) is 348 Å². The van der Waals surface area contributed by atoms with Gasteiger partial charge in [0.25, 0.3) is 0 Å². The number of epoxide rings is 5. The molecular formula is C67H124O15Si8. The third-order valence-corrected chi connectivity index (χ3v) is 62.7. The third kappa shape index (κ3) is 18.8. The van der Waals surface area contributed by atoms with Gasteiger partial charge in [0.2, 0.25) is 0 Å². The van der Waals surface area contributed by atoms with Crippen molar-refractivity contribution in [3.63, 3.8) is 0 Å². The Morgan fingerprint density at radius 1 is 0.233 bits per heavy atom. The van der Waals surface area contributed by atoms with Gasteiger partial charge in [-0.25, -0.2) is 0 Å². The second-order valence-electron chi connectivity index (χ2n) is 34.2. The predicted molar refractivity (Wildman–Crippen MR) is 367 cm³/mol. The number of ether oxygens (including phenoxy) is 7. The van der Waals surface area contributed by atoms with Gasteiger partial charge in [0.15, 0.2) is 0 Å². The van der Waals surface area contributed by atoms with E-state index in [0.29, 0.717) is 104 Å². The second-order valence-corrected chi connectivity index (χ2v) is 62.8. The van der Waals surface area contributed by atoms with Gasteiger partial charge in [0.1, 0.15) is 0 Å². The van der Waals surface area contributed by atoms with Crippen molar-refractivity contribution < 1.29 is 66.1 Å². The zero-order valence-electron chi connectivity index (χ0n) is 57.5. The van der Waals surface area contributed by atoms with E-state index in [1.807, 2.05) is 0 Å². The summed E-state index contributed by atoms with van der Waals surface area (Å²) >= 11 is 0. The second kappa shape index (κ2) is 28.3. The highest BCUT2D eigenvalue weighted by molar-refractivity contribution is 6.95. The Balaban J connectivity index is 0.566. The molecule has 514 valence electrons. The van der Waals surface area contributed by atoms with Gasteiger partial charge in [0.05, 0.1) is 61.0 Å². The molecule has 0 spiro atoms. The molecule has 7 saturated heterocycles. The quantitative estimate of drug-likeness (QED) is 0.0367. The highest BCUT2D eigenvalue weighted by atomic mass is 28.5. The lowest BCUT2D eigenvalue weighted by molar-refractivity contribution is 0.102. The molecule has 0 aromatic carbocycles. The summed E-state index contributed by atoms with van der Waals surface area (Å²) in [6, 6.07) is 7.92. The van der Waals surface area contributed by atoms with E-state index < -0.39 is 68.5 Å². The molecule has 7 aliphatic heterocycles. The van der Waals surface area contributed by atoms with Gasteiger partial charge in [-0.05, 0) is 328 Å². The first kappa shape index (κ1) is 68.3. The standard InChI is InChI=1S/C67H124O15Si8/c1-83(75-85(3,38-26-51-14-20-58-63(44-51)70-58)79-89(7,37-25-50-13-19-56-49-57(56)43-50)80-86(4,76-83)39-27-52-15-21-59-64(45-52)71-59)35-11-33-68-31-9-10-32-69-34-12-36-84(2)77-87(5,40-28-53-16-22-60-65(46-53)72-60)81-90(8,42-30-55-18-24-62-67(48-55)74-62)82-88(6,78-84)41-29-54-17-23-61-66(47-54)73-61/h50-67H,9-49H2,1-8H3. The largest absolute Gasteiger partial charge is 0.416 e. The van der Waals surface area contributed by atoms with E-state index in [-0.39, 0.29) is 0 Å². The van der Waals surface area contributed by atoms with E-state index in [1.165, 1.54) is 128 Å². The lowest BCUT2D eigenvalue weighted by Gasteiger charge is -2.51. The average Bonchev–Trinajstić information content (AvgIpc) is 1.56. The summed E-state index contributed by atoms with van der Waals surface area (Å²) in [7, 11) is -21.8. The molecule has 7 aliphatic carbocycles. The molecule has 0 radical (unpaired) electrons. The van der Waals surface area contributed by atoms with Gasteiger partial charge in [-0.15, -0.1) is 0 Å². The van der Waals surface area contributed by atoms with Crippen LogP contribution in [0.3, 0.4) is 0 Å². The van der Waals surface area contributed by atoms with E-state index in [4.69, 9.17) is 66.1 Å². The fraction of sp³-hybridized carbons (Fsp3) is 1.00. The fourth-order valence-electron chi connectivity index (χ4n) is 20.0. The number of rotatable bonds is 31. The Hall–Kier alpha value is 1.14. The maximum Gasteiger partial charge on any atom is 0.317 e. The molecule has 90 heavy (non-hydrogen) atoms. The van der Waals surface area contributed by atoms with Crippen molar-refractivity contribution in [3.05, 3.63) is 0 Å². The topological polar surface area (TPSA) is 155 Å². The van der Waals surface area contributed by atoms with Crippen LogP contribution in [-0.2, 0) is 66.1 Å². The summed E-state index contributed by atoms with van der Waals surface area (Å²) in [6.45, 7) is 22.1. The molecule has 15 nitrogen and oxygen atoms in total. The number of hydrogen-bond acceptors (Lipinski definition) is 15. The van der Waals surface area contributed by atoms with Crippen molar-refractivity contribution in [1.82, 2.24) is 0 Å². The molecular weight excluding hydrogens is 1270 g/mol. The molecule has 22 unspecified atom stereocenters. The molecule has 0 N–H and O–H groups in total. The van der Waals surface area contributed by atoms with E-state index in [9.17, 15) is 0 Å². The molecule has 7 heterocycles. The van der Waals surface area contributed by atoms with Crippen LogP contribution in [0.25, 0.3) is 0 Å². The van der Waals surface area contributed by atoms with Crippen molar-refractivity contribution in [2.24, 2.45) is 47.3 Å². The molecule has 0 aromatic rings. The van der Waals surface area contributed by atoms with Crippen LogP contribution in [0.2, 0.25) is 101 Å². The number of unbranched alkanes of at least 4 members (excludes halogenated alkanes) is 1. The van der Waals surface area contributed by atoms with Crippen molar-refractivity contribution >= 4 is 68.5 Å². The lowest BCUT2D eigenvalue weighted by atomic mass is 9.87. The summed E-state index contributed by atoms with van der Waals surface area (Å²) in [6.07, 6.45) is 39.9. The van der Waals surface area contributed by atoms with Crippen LogP contribution in [0.15, 0.2) is 0 Å². The van der Waals surface area contributed by atoms with E-state index in [2.05, 4.69) is 52.4 Å². The van der Waals surface area contributed by atoms with Crippen LogP contribution in [0.5, 0.6) is 0 Å². The average molecular weight is 1390 g/mol. The van der Waals surface area contributed by atoms with Crippen molar-refractivity contribution in [1.29, 1.82) is 0 Å². The Labute approximate surface area is 552 Å². The smallest absolute Gasteiger partial charge is 0.317 e. The molecule has 0 amide bonds. The normalized spacial score (nSPS) is 50.7. The molecule has 23 heteroatoms. The lowest BCUT2D eigenvalue weighted by Crippen LogP contribution is -2.67. The van der Waals surface area contributed by atoms with Crippen LogP contribution in [0.1, 0.15) is 186 Å². The van der Waals surface area contributed by atoms with Crippen LogP contribution < -0.4 is 0 Å². The predicted octanol–water partition coefficient (Wildman–Crippen LogP) is 15.9. The summed E-state index contributed by atoms with van der Waals surface area (Å²) in [5.74, 6) is 6.25. The summed E-state index contributed by atoms with van der Waals surface area (Å²) < 4.78 is 105. The van der Waals surface area contributed by atoms with Crippen molar-refractivity contribution in [3.8, 4) is 0 Å². The molecule has 14 aliphatic rings. The van der Waals surface area contributed by atoms with Crippen molar-refractivity contribution in [2.75, 3.05) is 26.4 Å². The number of hydrogen-bond donors (Lipinski definition) is 0. The Kier molecular flexibility index (Phi) is 21.5. The van der Waals surface area contributed by atoms with E-state index >= 15 is 0 Å². The molecule has 22 atom stereocenters. The van der Waals surface area contributed by atoms with Gasteiger partial charge in [-0.1, -0.05) is 6.42 Å². The van der Waals surface area contributed by atoms with Crippen LogP contribution in [0.4, 0.5) is 0 Å². The van der Waals surface area contributed by atoms with E-state index in [0.717, 1.165) is 137 Å². The first-order valence-electron chi connectivity index (χ1n) is 38.2.